The molecule has 0 aliphatic carbocycles. The molecule has 0 saturated heterocycles. The molecule has 0 amide bonds. The minimum Gasteiger partial charge on any atom is -0.481 e. The lowest BCUT2D eigenvalue weighted by Crippen LogP contribution is -2.19. The molecule has 0 radical (unpaired) electrons. The Hall–Kier alpha value is -0.220. The maximum Gasteiger partial charge on any atom is 0.304 e. The first-order chi connectivity index (χ1) is 6.27. The topological polar surface area (TPSA) is 49.3 Å². The van der Waals surface area contributed by atoms with Crippen LogP contribution in [0.3, 0.4) is 0 Å². The normalized spacial score (nSPS) is 10.2. The number of hydrogen-bond acceptors (Lipinski definition) is 3. The lowest BCUT2D eigenvalue weighted by Gasteiger charge is -2.02. The van der Waals surface area contributed by atoms with Crippen LogP contribution in [0.25, 0.3) is 0 Å². The Bertz CT molecular complexity index is 131. The van der Waals surface area contributed by atoms with Gasteiger partial charge in [-0.3, -0.25) is 4.79 Å². The van der Waals surface area contributed by atoms with Gasteiger partial charge in [0.1, 0.15) is 0 Å². The lowest BCUT2D eigenvalue weighted by molar-refractivity contribution is -0.136. The summed E-state index contributed by atoms with van der Waals surface area (Å²) in [5.74, 6) is 0.504. The fraction of sp³-hybridized carbons (Fsp3) is 0.889. The third kappa shape index (κ3) is 11.8. The van der Waals surface area contributed by atoms with Gasteiger partial charge in [0.15, 0.2) is 0 Å². The molecule has 4 heteroatoms. The van der Waals surface area contributed by atoms with E-state index >= 15 is 0 Å². The second-order valence-corrected chi connectivity index (χ2v) is 3.93. The highest BCUT2D eigenvalue weighted by atomic mass is 32.2. The summed E-state index contributed by atoms with van der Waals surface area (Å²) in [4.78, 5) is 10.1. The fourth-order valence-corrected chi connectivity index (χ4v) is 1.49. The van der Waals surface area contributed by atoms with Gasteiger partial charge in [0.25, 0.3) is 0 Å². The number of rotatable bonds is 9. The molecule has 0 atom stereocenters. The molecular formula is C9H19NO2S. The highest BCUT2D eigenvalue weighted by Gasteiger charge is 1.94. The molecule has 0 fully saturated rings. The zero-order chi connectivity index (χ0) is 9.94. The van der Waals surface area contributed by atoms with Gasteiger partial charge in [0.2, 0.25) is 0 Å². The van der Waals surface area contributed by atoms with Crippen LogP contribution in [0.2, 0.25) is 0 Å². The first-order valence-corrected chi connectivity index (χ1v) is 6.08. The Kier molecular flexibility index (Phi) is 9.70. The lowest BCUT2D eigenvalue weighted by atomic mass is 10.2. The van der Waals surface area contributed by atoms with E-state index < -0.39 is 5.97 Å². The van der Waals surface area contributed by atoms with Crippen molar-refractivity contribution in [3.63, 3.8) is 0 Å². The molecule has 0 heterocycles. The van der Waals surface area contributed by atoms with Gasteiger partial charge in [-0.05, 0) is 31.4 Å². The number of unbranched alkanes of at least 4 members (excludes halogenated alkanes) is 2. The molecule has 0 aromatic heterocycles. The van der Waals surface area contributed by atoms with Gasteiger partial charge in [-0.15, -0.1) is 0 Å². The highest BCUT2D eigenvalue weighted by molar-refractivity contribution is 7.98. The van der Waals surface area contributed by atoms with E-state index in [9.17, 15) is 4.79 Å². The first-order valence-electron chi connectivity index (χ1n) is 4.69. The SMILES string of the molecule is CSCCCCCNCCC(=O)O. The molecule has 0 rings (SSSR count). The largest absolute Gasteiger partial charge is 0.481 e. The maximum absolute atomic E-state index is 10.1. The van der Waals surface area contributed by atoms with Crippen molar-refractivity contribution in [3.8, 4) is 0 Å². The summed E-state index contributed by atoms with van der Waals surface area (Å²) in [5.41, 5.74) is 0. The number of nitrogens with one attached hydrogen (secondary N) is 1. The molecule has 0 aliphatic rings. The maximum atomic E-state index is 10.1. The third-order valence-corrected chi connectivity index (χ3v) is 2.41. The average molecular weight is 205 g/mol. The van der Waals surface area contributed by atoms with Crippen LogP contribution in [0.5, 0.6) is 0 Å². The molecule has 0 unspecified atom stereocenters. The average Bonchev–Trinajstić information content (AvgIpc) is 2.09. The molecule has 0 aromatic carbocycles. The van der Waals surface area contributed by atoms with Crippen LogP contribution in [-0.2, 0) is 4.79 Å². The van der Waals surface area contributed by atoms with Gasteiger partial charge in [-0.1, -0.05) is 6.42 Å². The summed E-state index contributed by atoms with van der Waals surface area (Å²) in [6.45, 7) is 1.54. The van der Waals surface area contributed by atoms with E-state index in [2.05, 4.69) is 11.6 Å². The molecular weight excluding hydrogens is 186 g/mol. The van der Waals surface area contributed by atoms with Crippen LogP contribution < -0.4 is 5.32 Å². The predicted octanol–water partition coefficient (Wildman–Crippen LogP) is 1.58. The van der Waals surface area contributed by atoms with E-state index in [1.807, 2.05) is 11.8 Å². The summed E-state index contributed by atoms with van der Waals surface area (Å²) in [7, 11) is 0. The fourth-order valence-electron chi connectivity index (χ4n) is 0.993. The highest BCUT2D eigenvalue weighted by Crippen LogP contribution is 2.00. The van der Waals surface area contributed by atoms with Gasteiger partial charge < -0.3 is 10.4 Å². The van der Waals surface area contributed by atoms with E-state index in [-0.39, 0.29) is 6.42 Å². The standard InChI is InChI=1S/C9H19NO2S/c1-13-8-4-2-3-6-10-7-5-9(11)12/h10H,2-8H2,1H3,(H,11,12). The molecule has 0 aliphatic heterocycles. The number of aliphatic carboxylic acids is 1. The number of carboxylic acids is 1. The number of hydrogen-bond donors (Lipinski definition) is 2. The van der Waals surface area contributed by atoms with Crippen molar-refractivity contribution in [3.05, 3.63) is 0 Å². The van der Waals surface area contributed by atoms with Crippen LogP contribution in [0.15, 0.2) is 0 Å². The van der Waals surface area contributed by atoms with Crippen LogP contribution in [0.4, 0.5) is 0 Å². The van der Waals surface area contributed by atoms with Crippen LogP contribution in [0, 0.1) is 0 Å². The number of carboxylic acid groups (broad SMARTS) is 1. The van der Waals surface area contributed by atoms with Crippen LogP contribution >= 0.6 is 11.8 Å². The molecule has 0 saturated carbocycles. The minimum absolute atomic E-state index is 0.227. The van der Waals surface area contributed by atoms with Gasteiger partial charge in [0, 0.05) is 6.54 Å². The molecule has 0 bridgehead atoms. The Morgan fingerprint density at radius 1 is 1.31 bits per heavy atom. The molecule has 3 nitrogen and oxygen atoms in total. The molecule has 78 valence electrons. The zero-order valence-corrected chi connectivity index (χ0v) is 9.03. The van der Waals surface area contributed by atoms with Crippen molar-refractivity contribution in [2.24, 2.45) is 0 Å². The Morgan fingerprint density at radius 3 is 2.69 bits per heavy atom. The van der Waals surface area contributed by atoms with Gasteiger partial charge in [0.05, 0.1) is 6.42 Å². The van der Waals surface area contributed by atoms with Gasteiger partial charge >= 0.3 is 5.97 Å². The van der Waals surface area contributed by atoms with E-state index in [0.29, 0.717) is 6.54 Å². The zero-order valence-electron chi connectivity index (χ0n) is 8.21. The quantitative estimate of drug-likeness (QED) is 0.561. The predicted molar refractivity (Wildman–Crippen MR) is 57.4 cm³/mol. The van der Waals surface area contributed by atoms with E-state index in [0.717, 1.165) is 13.0 Å². The van der Waals surface area contributed by atoms with E-state index in [1.165, 1.54) is 18.6 Å². The van der Waals surface area contributed by atoms with Crippen LogP contribution in [-0.4, -0.2) is 36.2 Å². The second kappa shape index (κ2) is 9.86. The Balaban J connectivity index is 2.87. The van der Waals surface area contributed by atoms with Crippen molar-refractivity contribution in [1.29, 1.82) is 0 Å². The Labute approximate surface area is 84.3 Å². The van der Waals surface area contributed by atoms with Gasteiger partial charge in [-0.2, -0.15) is 11.8 Å². The molecule has 0 aromatic rings. The smallest absolute Gasteiger partial charge is 0.304 e. The molecule has 0 spiro atoms. The van der Waals surface area contributed by atoms with E-state index in [4.69, 9.17) is 5.11 Å². The summed E-state index contributed by atoms with van der Waals surface area (Å²) < 4.78 is 0. The number of thioether (sulfide) groups is 1. The Morgan fingerprint density at radius 2 is 2.08 bits per heavy atom. The van der Waals surface area contributed by atoms with Crippen molar-refractivity contribution in [1.82, 2.24) is 5.32 Å². The summed E-state index contributed by atoms with van der Waals surface area (Å²) in [6.07, 6.45) is 6.00. The number of carbonyl (C=O) groups is 1. The monoisotopic (exact) mass is 205 g/mol. The van der Waals surface area contributed by atoms with Crippen molar-refractivity contribution >= 4 is 17.7 Å². The summed E-state index contributed by atoms with van der Waals surface area (Å²) in [6, 6.07) is 0. The summed E-state index contributed by atoms with van der Waals surface area (Å²) in [5, 5.41) is 11.4. The van der Waals surface area contributed by atoms with Gasteiger partial charge in [-0.25, -0.2) is 0 Å². The van der Waals surface area contributed by atoms with E-state index in [1.54, 1.807) is 0 Å². The van der Waals surface area contributed by atoms with Crippen molar-refractivity contribution in [2.75, 3.05) is 25.1 Å². The first kappa shape index (κ1) is 12.8. The minimum atomic E-state index is -0.727. The van der Waals surface area contributed by atoms with Crippen molar-refractivity contribution in [2.45, 2.75) is 25.7 Å². The van der Waals surface area contributed by atoms with Crippen molar-refractivity contribution < 1.29 is 9.90 Å². The van der Waals surface area contributed by atoms with Crippen LogP contribution in [0.1, 0.15) is 25.7 Å². The second-order valence-electron chi connectivity index (χ2n) is 2.95. The summed E-state index contributed by atoms with van der Waals surface area (Å²) >= 11 is 1.88. The molecule has 13 heavy (non-hydrogen) atoms. The molecule has 2 N–H and O–H groups in total. The third-order valence-electron chi connectivity index (χ3n) is 1.72.